The monoisotopic (exact) mass is 358 g/mol. The smallest absolute Gasteiger partial charge is 0.335 e. The molecule has 0 aliphatic carbocycles. The maximum atomic E-state index is 12.1. The SMILES string of the molecule is CC(=O)N(c1ccc(NNNN)cc1)c1cc(C(=O)[O-])cc(C(=O)O)c1. The number of amides is 1. The van der Waals surface area contributed by atoms with Gasteiger partial charge in [-0.3, -0.25) is 15.5 Å². The molecule has 0 saturated heterocycles. The van der Waals surface area contributed by atoms with Crippen LogP contribution in [0.4, 0.5) is 17.1 Å². The lowest BCUT2D eigenvalue weighted by atomic mass is 10.1. The molecular weight excluding hydrogens is 342 g/mol. The van der Waals surface area contributed by atoms with Gasteiger partial charge in [0, 0.05) is 18.2 Å². The average molecular weight is 358 g/mol. The highest BCUT2D eigenvalue weighted by atomic mass is 16.4. The minimum Gasteiger partial charge on any atom is -0.545 e. The van der Waals surface area contributed by atoms with Gasteiger partial charge in [-0.2, -0.15) is 11.1 Å². The zero-order valence-corrected chi connectivity index (χ0v) is 13.6. The molecule has 0 aromatic heterocycles. The van der Waals surface area contributed by atoms with Crippen molar-refractivity contribution in [3.05, 3.63) is 53.6 Å². The molecule has 0 spiro atoms. The van der Waals surface area contributed by atoms with Crippen molar-refractivity contribution in [1.29, 1.82) is 0 Å². The van der Waals surface area contributed by atoms with Crippen LogP contribution in [-0.2, 0) is 4.79 Å². The number of carboxylic acid groups (broad SMARTS) is 2. The topological polar surface area (TPSA) is 160 Å². The van der Waals surface area contributed by atoms with Gasteiger partial charge in [0.1, 0.15) is 0 Å². The Labute approximate surface area is 148 Å². The largest absolute Gasteiger partial charge is 0.545 e. The summed E-state index contributed by atoms with van der Waals surface area (Å²) < 4.78 is 0. The third-order valence-electron chi connectivity index (χ3n) is 3.38. The van der Waals surface area contributed by atoms with Crippen molar-refractivity contribution >= 4 is 34.9 Å². The number of nitrogens with two attached hydrogens (primary N) is 1. The number of benzene rings is 2. The number of aromatic carboxylic acids is 2. The fraction of sp³-hybridized carbons (Fsp3) is 0.0625. The number of carbonyl (C=O) groups is 3. The lowest BCUT2D eigenvalue weighted by Gasteiger charge is -2.23. The van der Waals surface area contributed by atoms with Crippen LogP contribution in [-0.4, -0.2) is 23.0 Å². The van der Waals surface area contributed by atoms with E-state index in [1.807, 2.05) is 0 Å². The molecule has 6 N–H and O–H groups in total. The highest BCUT2D eigenvalue weighted by molar-refractivity contribution is 6.02. The predicted molar refractivity (Wildman–Crippen MR) is 91.1 cm³/mol. The van der Waals surface area contributed by atoms with Crippen molar-refractivity contribution < 1.29 is 24.6 Å². The summed E-state index contributed by atoms with van der Waals surface area (Å²) in [5.74, 6) is 1.77. The number of hydrazine groups is 3. The zero-order valence-electron chi connectivity index (χ0n) is 13.6. The molecule has 136 valence electrons. The Hall–Kier alpha value is -3.47. The van der Waals surface area contributed by atoms with Gasteiger partial charge in [0.15, 0.2) is 0 Å². The lowest BCUT2D eigenvalue weighted by Crippen LogP contribution is -2.41. The minimum atomic E-state index is -1.54. The van der Waals surface area contributed by atoms with Gasteiger partial charge < -0.3 is 20.4 Å². The van der Waals surface area contributed by atoms with Gasteiger partial charge in [0.05, 0.1) is 22.9 Å². The van der Waals surface area contributed by atoms with Crippen LogP contribution in [0.2, 0.25) is 0 Å². The highest BCUT2D eigenvalue weighted by Gasteiger charge is 2.18. The average Bonchev–Trinajstić information content (AvgIpc) is 2.60. The summed E-state index contributed by atoms with van der Waals surface area (Å²) in [6, 6.07) is 9.81. The van der Waals surface area contributed by atoms with Crippen molar-refractivity contribution in [3.8, 4) is 0 Å². The second-order valence-electron chi connectivity index (χ2n) is 5.16. The first-order chi connectivity index (χ1) is 12.3. The molecule has 1 amide bonds. The Morgan fingerprint density at radius 1 is 1.04 bits per heavy atom. The van der Waals surface area contributed by atoms with Gasteiger partial charge in [-0.05, 0) is 42.5 Å². The highest BCUT2D eigenvalue weighted by Crippen LogP contribution is 2.29. The summed E-state index contributed by atoms with van der Waals surface area (Å²) >= 11 is 0. The Bertz CT molecular complexity index is 805. The molecule has 0 fully saturated rings. The van der Waals surface area contributed by atoms with Crippen LogP contribution in [0.15, 0.2) is 42.5 Å². The number of nitrogens with one attached hydrogen (secondary N) is 3. The van der Waals surface area contributed by atoms with E-state index >= 15 is 0 Å². The van der Waals surface area contributed by atoms with Crippen LogP contribution >= 0.6 is 0 Å². The van der Waals surface area contributed by atoms with E-state index in [1.165, 1.54) is 24.0 Å². The molecule has 0 bridgehead atoms. The number of carboxylic acids is 2. The van der Waals surface area contributed by atoms with E-state index in [-0.39, 0.29) is 16.8 Å². The van der Waals surface area contributed by atoms with Crippen molar-refractivity contribution in [1.82, 2.24) is 11.1 Å². The molecule has 26 heavy (non-hydrogen) atoms. The summed E-state index contributed by atoms with van der Waals surface area (Å²) in [5, 5.41) is 20.3. The van der Waals surface area contributed by atoms with Gasteiger partial charge in [0.2, 0.25) is 5.91 Å². The first-order valence-electron chi connectivity index (χ1n) is 7.30. The molecule has 10 heteroatoms. The summed E-state index contributed by atoms with van der Waals surface area (Å²) in [7, 11) is 0. The maximum absolute atomic E-state index is 12.1. The molecule has 0 unspecified atom stereocenters. The summed E-state index contributed by atoms with van der Waals surface area (Å²) in [6.07, 6.45) is 0. The number of carbonyl (C=O) groups excluding carboxylic acids is 2. The fourth-order valence-corrected chi connectivity index (χ4v) is 2.30. The van der Waals surface area contributed by atoms with Crippen LogP contribution in [0.3, 0.4) is 0 Å². The van der Waals surface area contributed by atoms with Crippen molar-refractivity contribution in [3.63, 3.8) is 0 Å². The van der Waals surface area contributed by atoms with E-state index in [0.717, 1.165) is 6.07 Å². The predicted octanol–water partition coefficient (Wildman–Crippen LogP) is -0.272. The minimum absolute atomic E-state index is 0.0964. The molecule has 2 aromatic carbocycles. The molecule has 2 rings (SSSR count). The van der Waals surface area contributed by atoms with Gasteiger partial charge in [-0.15, -0.1) is 0 Å². The van der Waals surface area contributed by atoms with Crippen LogP contribution in [0, 0.1) is 0 Å². The van der Waals surface area contributed by atoms with Gasteiger partial charge in [-0.25, -0.2) is 4.79 Å². The Kier molecular flexibility index (Phi) is 5.86. The number of anilines is 3. The second-order valence-corrected chi connectivity index (χ2v) is 5.16. The Morgan fingerprint density at radius 3 is 2.15 bits per heavy atom. The normalized spacial score (nSPS) is 10.2. The molecule has 0 atom stereocenters. The van der Waals surface area contributed by atoms with E-state index in [4.69, 9.17) is 5.84 Å². The fourth-order valence-electron chi connectivity index (χ4n) is 2.30. The Balaban J connectivity index is 2.48. The first-order valence-corrected chi connectivity index (χ1v) is 7.30. The quantitative estimate of drug-likeness (QED) is 0.331. The summed E-state index contributed by atoms with van der Waals surface area (Å²) in [6.45, 7) is 1.28. The molecular formula is C16H16N5O5-. The molecule has 10 nitrogen and oxygen atoms in total. The molecule has 0 saturated carbocycles. The second kappa shape index (κ2) is 8.07. The van der Waals surface area contributed by atoms with Crippen LogP contribution in [0.5, 0.6) is 0 Å². The first kappa shape index (κ1) is 18.9. The number of rotatable bonds is 7. The summed E-state index contributed by atoms with van der Waals surface area (Å²) in [5.41, 5.74) is 7.90. The van der Waals surface area contributed by atoms with Crippen molar-refractivity contribution in [2.24, 2.45) is 5.84 Å². The number of nitrogens with zero attached hydrogens (tertiary/aromatic N) is 1. The van der Waals surface area contributed by atoms with Crippen molar-refractivity contribution in [2.75, 3.05) is 10.3 Å². The summed E-state index contributed by atoms with van der Waals surface area (Å²) in [4.78, 5) is 35.7. The van der Waals surface area contributed by atoms with E-state index < -0.39 is 17.8 Å². The maximum Gasteiger partial charge on any atom is 0.335 e. The van der Waals surface area contributed by atoms with Crippen LogP contribution in [0.1, 0.15) is 27.6 Å². The van der Waals surface area contributed by atoms with Gasteiger partial charge in [-0.1, -0.05) is 0 Å². The van der Waals surface area contributed by atoms with Crippen LogP contribution in [0.25, 0.3) is 0 Å². The standard InChI is InChI=1S/C16H17N5O5/c1-9(22)21(13-4-2-12(3-5-13)18-20-19-17)14-7-10(15(23)24)6-11(8-14)16(25)26/h2-8,18-20H,17H2,1H3,(H,23,24)(H,25,26)/p-1. The third-order valence-corrected chi connectivity index (χ3v) is 3.38. The zero-order chi connectivity index (χ0) is 19.3. The van der Waals surface area contributed by atoms with Crippen LogP contribution < -0.4 is 32.3 Å². The molecule has 0 aliphatic heterocycles. The number of hydrogen-bond donors (Lipinski definition) is 5. The molecule has 0 radical (unpaired) electrons. The Morgan fingerprint density at radius 2 is 1.65 bits per heavy atom. The van der Waals surface area contributed by atoms with E-state index in [9.17, 15) is 24.6 Å². The molecule has 0 aliphatic rings. The van der Waals surface area contributed by atoms with E-state index in [1.54, 1.807) is 24.3 Å². The number of hydrogen-bond acceptors (Lipinski definition) is 8. The van der Waals surface area contributed by atoms with E-state index in [2.05, 4.69) is 16.5 Å². The van der Waals surface area contributed by atoms with Gasteiger partial charge in [0.25, 0.3) is 0 Å². The lowest BCUT2D eigenvalue weighted by molar-refractivity contribution is -0.255. The van der Waals surface area contributed by atoms with Crippen molar-refractivity contribution in [2.45, 2.75) is 6.92 Å². The van der Waals surface area contributed by atoms with E-state index in [0.29, 0.717) is 11.4 Å². The third kappa shape index (κ3) is 4.33. The molecule has 2 aromatic rings. The van der Waals surface area contributed by atoms with Gasteiger partial charge >= 0.3 is 5.97 Å². The molecule has 0 heterocycles.